The molecular formula is C16H24IN5S. The van der Waals surface area contributed by atoms with E-state index in [0.717, 1.165) is 44.3 Å². The average Bonchev–Trinajstić information content (AvgIpc) is 3.08. The van der Waals surface area contributed by atoms with Crippen LogP contribution in [0.15, 0.2) is 46.9 Å². The summed E-state index contributed by atoms with van der Waals surface area (Å²) >= 11 is 1.75. The third kappa shape index (κ3) is 8.17. The number of aromatic nitrogens is 1. The molecule has 2 rings (SSSR count). The van der Waals surface area contributed by atoms with Crippen LogP contribution in [0, 0.1) is 0 Å². The second-order valence-corrected chi connectivity index (χ2v) is 5.81. The lowest BCUT2D eigenvalue weighted by atomic mass is 10.3. The van der Waals surface area contributed by atoms with Gasteiger partial charge in [-0.05, 0) is 36.4 Å². The van der Waals surface area contributed by atoms with Gasteiger partial charge in [0.1, 0.15) is 5.82 Å². The maximum absolute atomic E-state index is 4.23. The molecule has 0 aliphatic carbocycles. The molecule has 0 amide bonds. The van der Waals surface area contributed by atoms with Gasteiger partial charge in [-0.25, -0.2) is 4.98 Å². The van der Waals surface area contributed by atoms with Gasteiger partial charge in [0.15, 0.2) is 5.96 Å². The highest BCUT2D eigenvalue weighted by Gasteiger charge is 1.98. The maximum Gasteiger partial charge on any atom is 0.191 e. The van der Waals surface area contributed by atoms with Crippen LogP contribution < -0.4 is 16.0 Å². The van der Waals surface area contributed by atoms with Gasteiger partial charge in [-0.3, -0.25) is 4.99 Å². The topological polar surface area (TPSA) is 61.3 Å². The molecule has 3 N–H and O–H groups in total. The van der Waals surface area contributed by atoms with Crippen LogP contribution in [0.5, 0.6) is 0 Å². The number of nitrogens with one attached hydrogen (secondary N) is 3. The summed E-state index contributed by atoms with van der Waals surface area (Å²) in [5, 5.41) is 12.0. The fourth-order valence-electron chi connectivity index (χ4n) is 1.95. The molecular weight excluding hydrogens is 421 g/mol. The summed E-state index contributed by atoms with van der Waals surface area (Å²) in [4.78, 5) is 9.77. The van der Waals surface area contributed by atoms with Crippen molar-refractivity contribution in [1.29, 1.82) is 0 Å². The summed E-state index contributed by atoms with van der Waals surface area (Å²) < 4.78 is 0. The minimum absolute atomic E-state index is 0. The largest absolute Gasteiger partial charge is 0.370 e. The lowest BCUT2D eigenvalue weighted by Crippen LogP contribution is -2.37. The van der Waals surface area contributed by atoms with Crippen LogP contribution in [-0.2, 0) is 6.54 Å². The predicted molar refractivity (Wildman–Crippen MR) is 110 cm³/mol. The Morgan fingerprint density at radius 1 is 1.13 bits per heavy atom. The number of thiophene rings is 1. The molecule has 0 radical (unpaired) electrons. The Bertz CT molecular complexity index is 545. The summed E-state index contributed by atoms with van der Waals surface area (Å²) in [5.41, 5.74) is 0. The molecule has 0 spiro atoms. The van der Waals surface area contributed by atoms with E-state index in [4.69, 9.17) is 0 Å². The lowest BCUT2D eigenvalue weighted by molar-refractivity contribution is 0.712. The van der Waals surface area contributed by atoms with Gasteiger partial charge in [0.2, 0.25) is 0 Å². The molecule has 0 aliphatic heterocycles. The van der Waals surface area contributed by atoms with Gasteiger partial charge in [0.25, 0.3) is 0 Å². The van der Waals surface area contributed by atoms with Crippen molar-refractivity contribution >= 4 is 47.1 Å². The SMILES string of the molecule is CN=C(NCCCCNc1ccccn1)NCc1cccs1.I. The molecule has 7 heteroatoms. The van der Waals surface area contributed by atoms with E-state index < -0.39 is 0 Å². The van der Waals surface area contributed by atoms with E-state index in [2.05, 4.69) is 43.4 Å². The highest BCUT2D eigenvalue weighted by Crippen LogP contribution is 2.07. The first-order valence-electron chi connectivity index (χ1n) is 7.50. The van der Waals surface area contributed by atoms with Crippen LogP contribution in [0.25, 0.3) is 0 Å². The Morgan fingerprint density at radius 2 is 2.00 bits per heavy atom. The van der Waals surface area contributed by atoms with Crippen LogP contribution in [-0.4, -0.2) is 31.1 Å². The van der Waals surface area contributed by atoms with Crippen molar-refractivity contribution in [3.8, 4) is 0 Å². The summed E-state index contributed by atoms with van der Waals surface area (Å²) in [6, 6.07) is 10.1. The number of guanidine groups is 1. The van der Waals surface area contributed by atoms with Crippen molar-refractivity contribution in [2.45, 2.75) is 19.4 Å². The van der Waals surface area contributed by atoms with E-state index in [1.165, 1.54) is 4.88 Å². The molecule has 0 saturated heterocycles. The molecule has 126 valence electrons. The van der Waals surface area contributed by atoms with Crippen LogP contribution in [0.2, 0.25) is 0 Å². The third-order valence-electron chi connectivity index (χ3n) is 3.10. The normalized spacial score (nSPS) is 10.7. The van der Waals surface area contributed by atoms with Crippen molar-refractivity contribution in [1.82, 2.24) is 15.6 Å². The number of aliphatic imine (C=N–C) groups is 1. The highest BCUT2D eigenvalue weighted by molar-refractivity contribution is 14.0. The van der Waals surface area contributed by atoms with Crippen molar-refractivity contribution in [2.24, 2.45) is 4.99 Å². The van der Waals surface area contributed by atoms with Gasteiger partial charge in [-0.15, -0.1) is 35.3 Å². The predicted octanol–water partition coefficient (Wildman–Crippen LogP) is 3.32. The van der Waals surface area contributed by atoms with Crippen molar-refractivity contribution in [3.63, 3.8) is 0 Å². The molecule has 0 bridgehead atoms. The quantitative estimate of drug-likeness (QED) is 0.253. The molecule has 0 fully saturated rings. The van der Waals surface area contributed by atoms with Gasteiger partial charge >= 0.3 is 0 Å². The number of hydrogen-bond donors (Lipinski definition) is 3. The molecule has 5 nitrogen and oxygen atoms in total. The summed E-state index contributed by atoms with van der Waals surface area (Å²) in [5.74, 6) is 1.79. The standard InChI is InChI=1S/C16H23N5S.HI/c1-17-16(21-13-14-7-6-12-22-14)20-11-5-4-10-19-15-8-2-3-9-18-15;/h2-3,6-9,12H,4-5,10-11,13H2,1H3,(H,18,19)(H2,17,20,21);1H. The van der Waals surface area contributed by atoms with E-state index in [-0.39, 0.29) is 24.0 Å². The molecule has 2 aromatic heterocycles. The maximum atomic E-state index is 4.23. The van der Waals surface area contributed by atoms with Crippen LogP contribution in [0.3, 0.4) is 0 Å². The first-order chi connectivity index (χ1) is 10.9. The summed E-state index contributed by atoms with van der Waals surface area (Å²) in [6.07, 6.45) is 3.97. The van der Waals surface area contributed by atoms with Gasteiger partial charge in [0.05, 0.1) is 6.54 Å². The zero-order chi connectivity index (χ0) is 15.5. The fraction of sp³-hybridized carbons (Fsp3) is 0.375. The van der Waals surface area contributed by atoms with Gasteiger partial charge in [0, 0.05) is 31.2 Å². The third-order valence-corrected chi connectivity index (χ3v) is 3.98. The van der Waals surface area contributed by atoms with Crippen LogP contribution in [0.4, 0.5) is 5.82 Å². The highest BCUT2D eigenvalue weighted by atomic mass is 127. The first kappa shape index (κ1) is 19.7. The van der Waals surface area contributed by atoms with Crippen molar-refractivity contribution in [2.75, 3.05) is 25.5 Å². The van der Waals surface area contributed by atoms with Crippen molar-refractivity contribution < 1.29 is 0 Å². The zero-order valence-electron chi connectivity index (χ0n) is 13.3. The molecule has 2 aromatic rings. The summed E-state index contributed by atoms with van der Waals surface area (Å²) in [7, 11) is 1.80. The number of anilines is 1. The number of hydrogen-bond acceptors (Lipinski definition) is 4. The average molecular weight is 445 g/mol. The number of pyridine rings is 1. The molecule has 0 atom stereocenters. The Balaban J connectivity index is 0.00000264. The molecule has 0 aromatic carbocycles. The number of nitrogens with zero attached hydrogens (tertiary/aromatic N) is 2. The Kier molecular flexibility index (Phi) is 10.4. The Hall–Kier alpha value is -1.35. The number of unbranched alkanes of at least 4 members (excludes halogenated alkanes) is 1. The molecule has 0 aliphatic rings. The number of rotatable bonds is 8. The van der Waals surface area contributed by atoms with Crippen LogP contribution >= 0.6 is 35.3 Å². The van der Waals surface area contributed by atoms with E-state index in [9.17, 15) is 0 Å². The van der Waals surface area contributed by atoms with E-state index >= 15 is 0 Å². The van der Waals surface area contributed by atoms with E-state index in [1.807, 2.05) is 18.2 Å². The number of halogens is 1. The minimum Gasteiger partial charge on any atom is -0.370 e. The van der Waals surface area contributed by atoms with E-state index in [1.54, 1.807) is 24.6 Å². The minimum atomic E-state index is 0. The monoisotopic (exact) mass is 445 g/mol. The fourth-order valence-corrected chi connectivity index (χ4v) is 2.59. The molecule has 23 heavy (non-hydrogen) atoms. The smallest absolute Gasteiger partial charge is 0.191 e. The first-order valence-corrected chi connectivity index (χ1v) is 8.38. The second kappa shape index (κ2) is 12.1. The van der Waals surface area contributed by atoms with E-state index in [0.29, 0.717) is 0 Å². The van der Waals surface area contributed by atoms with Gasteiger partial charge in [-0.2, -0.15) is 0 Å². The molecule has 2 heterocycles. The van der Waals surface area contributed by atoms with Gasteiger partial charge < -0.3 is 16.0 Å². The van der Waals surface area contributed by atoms with Crippen LogP contribution in [0.1, 0.15) is 17.7 Å². The molecule has 0 saturated carbocycles. The lowest BCUT2D eigenvalue weighted by Gasteiger charge is -2.11. The second-order valence-electron chi connectivity index (χ2n) is 4.78. The Morgan fingerprint density at radius 3 is 2.70 bits per heavy atom. The summed E-state index contributed by atoms with van der Waals surface area (Å²) in [6.45, 7) is 2.66. The van der Waals surface area contributed by atoms with Crippen molar-refractivity contribution in [3.05, 3.63) is 46.8 Å². The molecule has 0 unspecified atom stereocenters. The zero-order valence-corrected chi connectivity index (χ0v) is 16.4. The Labute approximate surface area is 159 Å². The van der Waals surface area contributed by atoms with Gasteiger partial charge in [-0.1, -0.05) is 12.1 Å².